The second kappa shape index (κ2) is 12.9. The second-order valence-corrected chi connectivity index (χ2v) is 12.8. The largest absolute Gasteiger partial charge is 0.350 e. The van der Waals surface area contributed by atoms with Gasteiger partial charge in [-0.15, -0.1) is 0 Å². The van der Waals surface area contributed by atoms with Crippen LogP contribution in [0.3, 0.4) is 0 Å². The number of anilines is 1. The predicted octanol–water partition coefficient (Wildman–Crippen LogP) is 5.56. The zero-order valence-corrected chi connectivity index (χ0v) is 24.7. The summed E-state index contributed by atoms with van der Waals surface area (Å²) in [5.41, 5.74) is 0.649. The first-order valence-electron chi connectivity index (χ1n) is 12.5. The maximum Gasteiger partial charge on any atom is 0.264 e. The van der Waals surface area contributed by atoms with Crippen LogP contribution in [0.25, 0.3) is 0 Å². The van der Waals surface area contributed by atoms with E-state index in [1.807, 2.05) is 51.1 Å². The van der Waals surface area contributed by atoms with Crippen LogP contribution < -0.4 is 9.62 Å². The quantitative estimate of drug-likeness (QED) is 0.335. The Hall–Kier alpha value is -3.07. The predicted molar refractivity (Wildman–Crippen MR) is 157 cm³/mol. The van der Waals surface area contributed by atoms with Crippen LogP contribution in [0.15, 0.2) is 83.8 Å². The molecular formula is C29H33Cl2N3O4S. The van der Waals surface area contributed by atoms with Gasteiger partial charge >= 0.3 is 0 Å². The van der Waals surface area contributed by atoms with Crippen molar-refractivity contribution in [2.75, 3.05) is 17.4 Å². The molecule has 0 aliphatic carbocycles. The Morgan fingerprint density at radius 1 is 0.897 bits per heavy atom. The number of rotatable bonds is 10. The summed E-state index contributed by atoms with van der Waals surface area (Å²) in [5, 5.41) is 3.31. The normalized spacial score (nSPS) is 12.5. The SMILES string of the molecule is C[C@H](C(=O)NC(C)(C)C)N(CCc1ccccc1)C(=O)CN(c1ccc(Cl)c(Cl)c1)S(=O)(=O)c1ccccc1. The minimum atomic E-state index is -4.17. The van der Waals surface area contributed by atoms with E-state index in [1.165, 1.54) is 35.2 Å². The van der Waals surface area contributed by atoms with Gasteiger partial charge in [0.05, 0.1) is 20.6 Å². The van der Waals surface area contributed by atoms with E-state index in [0.717, 1.165) is 9.87 Å². The first-order valence-corrected chi connectivity index (χ1v) is 14.7. The molecule has 10 heteroatoms. The van der Waals surface area contributed by atoms with Crippen molar-refractivity contribution in [1.82, 2.24) is 10.2 Å². The topological polar surface area (TPSA) is 86.8 Å². The molecule has 3 rings (SSSR count). The van der Waals surface area contributed by atoms with Crippen LogP contribution >= 0.6 is 23.2 Å². The van der Waals surface area contributed by atoms with Crippen molar-refractivity contribution in [3.05, 3.63) is 94.5 Å². The van der Waals surface area contributed by atoms with E-state index in [0.29, 0.717) is 6.42 Å². The summed E-state index contributed by atoms with van der Waals surface area (Å²) < 4.78 is 28.5. The minimum Gasteiger partial charge on any atom is -0.350 e. The summed E-state index contributed by atoms with van der Waals surface area (Å²) in [7, 11) is -4.17. The van der Waals surface area contributed by atoms with Crippen molar-refractivity contribution in [2.45, 2.75) is 50.6 Å². The lowest BCUT2D eigenvalue weighted by Crippen LogP contribution is -2.55. The molecule has 3 aromatic carbocycles. The number of nitrogens with zero attached hydrogens (tertiary/aromatic N) is 2. The third-order valence-corrected chi connectivity index (χ3v) is 8.48. The average Bonchev–Trinajstić information content (AvgIpc) is 2.89. The molecule has 0 aliphatic rings. The first kappa shape index (κ1) is 30.5. The summed E-state index contributed by atoms with van der Waals surface area (Å²) >= 11 is 12.3. The third kappa shape index (κ3) is 8.21. The number of hydrogen-bond acceptors (Lipinski definition) is 4. The Kier molecular flexibility index (Phi) is 10.0. The van der Waals surface area contributed by atoms with Gasteiger partial charge in [-0.05, 0) is 70.0 Å². The smallest absolute Gasteiger partial charge is 0.264 e. The molecule has 3 aromatic rings. The number of sulfonamides is 1. The molecule has 0 radical (unpaired) electrons. The maximum atomic E-state index is 13.9. The maximum absolute atomic E-state index is 13.9. The van der Waals surface area contributed by atoms with Crippen molar-refractivity contribution >= 4 is 50.7 Å². The molecule has 0 heterocycles. The first-order chi connectivity index (χ1) is 18.3. The molecule has 208 valence electrons. The van der Waals surface area contributed by atoms with Crippen LogP contribution in [0, 0.1) is 0 Å². The number of hydrogen-bond donors (Lipinski definition) is 1. The highest BCUT2D eigenvalue weighted by Crippen LogP contribution is 2.30. The van der Waals surface area contributed by atoms with Gasteiger partial charge in [0.15, 0.2) is 0 Å². The van der Waals surface area contributed by atoms with E-state index in [9.17, 15) is 18.0 Å². The fourth-order valence-corrected chi connectivity index (χ4v) is 5.65. The number of benzene rings is 3. The summed E-state index contributed by atoms with van der Waals surface area (Å²) in [6, 6.07) is 20.9. The van der Waals surface area contributed by atoms with Crippen LogP contribution in [0.1, 0.15) is 33.3 Å². The highest BCUT2D eigenvalue weighted by atomic mass is 35.5. The zero-order chi connectivity index (χ0) is 28.8. The van der Waals surface area contributed by atoms with Crippen molar-refractivity contribution in [2.24, 2.45) is 0 Å². The molecule has 7 nitrogen and oxygen atoms in total. The molecule has 0 saturated carbocycles. The molecule has 39 heavy (non-hydrogen) atoms. The lowest BCUT2D eigenvalue weighted by atomic mass is 10.1. The molecule has 0 aromatic heterocycles. The van der Waals surface area contributed by atoms with Gasteiger partial charge in [-0.3, -0.25) is 13.9 Å². The number of amides is 2. The lowest BCUT2D eigenvalue weighted by molar-refractivity contribution is -0.139. The fourth-order valence-electron chi connectivity index (χ4n) is 3.93. The molecule has 0 bridgehead atoms. The van der Waals surface area contributed by atoms with Crippen molar-refractivity contribution in [3.8, 4) is 0 Å². The Balaban J connectivity index is 2.00. The second-order valence-electron chi connectivity index (χ2n) is 10.2. The van der Waals surface area contributed by atoms with Gasteiger partial charge in [0.25, 0.3) is 10.0 Å². The highest BCUT2D eigenvalue weighted by Gasteiger charge is 2.33. The molecule has 2 amide bonds. The molecule has 0 aliphatic heterocycles. The van der Waals surface area contributed by atoms with E-state index in [2.05, 4.69) is 5.32 Å². The number of carbonyl (C=O) groups is 2. The van der Waals surface area contributed by atoms with E-state index < -0.39 is 34.1 Å². The van der Waals surface area contributed by atoms with Crippen molar-refractivity contribution in [3.63, 3.8) is 0 Å². The standard InChI is InChI=1S/C29H33Cl2N3O4S/c1-21(28(36)32-29(2,3)4)33(18-17-22-11-7-5-8-12-22)27(35)20-34(23-15-16-25(30)26(31)19-23)39(37,38)24-13-9-6-10-14-24/h5-16,19,21H,17-18,20H2,1-4H3,(H,32,36)/t21-/m1/s1. The van der Waals surface area contributed by atoms with Gasteiger partial charge < -0.3 is 10.2 Å². The number of nitrogens with one attached hydrogen (secondary N) is 1. The number of halogens is 2. The molecule has 0 unspecified atom stereocenters. The van der Waals surface area contributed by atoms with Crippen LogP contribution in [0.4, 0.5) is 5.69 Å². The van der Waals surface area contributed by atoms with E-state index in [1.54, 1.807) is 25.1 Å². The monoisotopic (exact) mass is 589 g/mol. The van der Waals surface area contributed by atoms with E-state index in [4.69, 9.17) is 23.2 Å². The zero-order valence-electron chi connectivity index (χ0n) is 22.4. The van der Waals surface area contributed by atoms with Gasteiger partial charge in [0, 0.05) is 12.1 Å². The molecule has 1 atom stereocenters. The van der Waals surface area contributed by atoms with Crippen LogP contribution in [0.2, 0.25) is 10.0 Å². The Bertz CT molecular complexity index is 1400. The fraction of sp³-hybridized carbons (Fsp3) is 0.310. The van der Waals surface area contributed by atoms with Crippen LogP contribution in [-0.4, -0.2) is 49.8 Å². The third-order valence-electron chi connectivity index (χ3n) is 5.95. The number of carbonyl (C=O) groups excluding carboxylic acids is 2. The summed E-state index contributed by atoms with van der Waals surface area (Å²) in [6.45, 7) is 6.86. The van der Waals surface area contributed by atoms with E-state index >= 15 is 0 Å². The van der Waals surface area contributed by atoms with Gasteiger partial charge in [0.2, 0.25) is 11.8 Å². The van der Waals surface area contributed by atoms with Crippen molar-refractivity contribution < 1.29 is 18.0 Å². The van der Waals surface area contributed by atoms with Gasteiger partial charge in [-0.25, -0.2) is 8.42 Å². The summed E-state index contributed by atoms with van der Waals surface area (Å²) in [5.74, 6) is -0.871. The van der Waals surface area contributed by atoms with Crippen LogP contribution in [-0.2, 0) is 26.0 Å². The molecule has 0 fully saturated rings. The van der Waals surface area contributed by atoms with Gasteiger partial charge in [0.1, 0.15) is 12.6 Å². The molecule has 0 saturated heterocycles. The summed E-state index contributed by atoms with van der Waals surface area (Å²) in [6.07, 6.45) is 0.484. The van der Waals surface area contributed by atoms with Crippen molar-refractivity contribution in [1.29, 1.82) is 0 Å². The van der Waals surface area contributed by atoms with Gasteiger partial charge in [-0.1, -0.05) is 71.7 Å². The van der Waals surface area contributed by atoms with Gasteiger partial charge in [-0.2, -0.15) is 0 Å². The lowest BCUT2D eigenvalue weighted by Gasteiger charge is -2.33. The van der Waals surface area contributed by atoms with Crippen LogP contribution in [0.5, 0.6) is 0 Å². The average molecular weight is 591 g/mol. The summed E-state index contributed by atoms with van der Waals surface area (Å²) in [4.78, 5) is 28.4. The molecule has 1 N–H and O–H groups in total. The molecular weight excluding hydrogens is 557 g/mol. The Morgan fingerprint density at radius 2 is 1.49 bits per heavy atom. The highest BCUT2D eigenvalue weighted by molar-refractivity contribution is 7.92. The Morgan fingerprint density at radius 3 is 2.05 bits per heavy atom. The van der Waals surface area contributed by atoms with E-state index in [-0.39, 0.29) is 33.1 Å². The Labute approximate surface area is 240 Å². The molecule has 0 spiro atoms. The minimum absolute atomic E-state index is 0.0123.